The molecule has 4 rings (SSSR count). The zero-order valence-corrected chi connectivity index (χ0v) is 34.0. The molecule has 0 unspecified atom stereocenters. The third kappa shape index (κ3) is 14.8. The number of likely N-dealkylation sites (N-methyl/N-ethyl adjacent to an activating group) is 1. The molecule has 0 bridgehead atoms. The van der Waals surface area contributed by atoms with Gasteiger partial charge in [-0.2, -0.15) is 13.2 Å². The largest absolute Gasteiger partial charge is 0.417 e. The van der Waals surface area contributed by atoms with Gasteiger partial charge in [-0.05, 0) is 107 Å². The third-order valence-electron chi connectivity index (χ3n) is 11.6. The minimum atomic E-state index is -4.43. The normalized spacial score (nSPS) is 16.4. The van der Waals surface area contributed by atoms with Crippen LogP contribution in [-0.2, 0) is 19.4 Å². The van der Waals surface area contributed by atoms with Crippen LogP contribution in [0.2, 0.25) is 0 Å². The predicted octanol–water partition coefficient (Wildman–Crippen LogP) is 12.7. The van der Waals surface area contributed by atoms with E-state index in [2.05, 4.69) is 48.1 Å². The molecule has 0 amide bonds. The number of alkyl halides is 3. The molecular weight excluding hydrogens is 668 g/mol. The summed E-state index contributed by atoms with van der Waals surface area (Å²) < 4.78 is 46.9. The van der Waals surface area contributed by atoms with Gasteiger partial charge < -0.3 is 19.5 Å². The number of nitrogens with zero attached hydrogens (tertiary/aromatic N) is 3. The first kappa shape index (κ1) is 47.1. The van der Waals surface area contributed by atoms with E-state index in [1.165, 1.54) is 102 Å². The van der Waals surface area contributed by atoms with Gasteiger partial charge >= 0.3 is 6.18 Å². The van der Waals surface area contributed by atoms with Crippen molar-refractivity contribution in [1.82, 2.24) is 14.4 Å². The standard InChI is InChI=1S/C39H62F3N3.C6H12O.CH4/c1-7-11-20-31(5)30-34(39(40,41)42)38-33(21-12-8-2)22-23-36-37(38)32(6)35(9-3)45(36)25-19-17-15-13-14-16-18-24-44-28-26-43(10-4)27-29-44;7-5-4-6-2-1-3-6;/h20,22-23,30H,7-19,21,24-29H2,1-6H3;6-7H,1-5H2;1H4/b31-20-,34-30+;;. The van der Waals surface area contributed by atoms with E-state index in [0.717, 1.165) is 85.9 Å². The van der Waals surface area contributed by atoms with E-state index < -0.39 is 11.7 Å². The topological polar surface area (TPSA) is 31.6 Å². The molecule has 0 atom stereocenters. The van der Waals surface area contributed by atoms with Crippen molar-refractivity contribution in [3.05, 3.63) is 52.2 Å². The average Bonchev–Trinajstić information content (AvgIpc) is 3.39. The summed E-state index contributed by atoms with van der Waals surface area (Å²) in [4.78, 5) is 5.16. The molecule has 53 heavy (non-hydrogen) atoms. The number of aryl methyl sites for hydroxylation is 3. The number of hydrogen-bond acceptors (Lipinski definition) is 3. The minimum Gasteiger partial charge on any atom is -0.396 e. The van der Waals surface area contributed by atoms with Crippen LogP contribution in [-0.4, -0.2) is 71.5 Å². The van der Waals surface area contributed by atoms with Gasteiger partial charge in [-0.1, -0.05) is 117 Å². The number of unbranched alkanes of at least 4 members (excludes halogenated alkanes) is 8. The number of halogens is 3. The van der Waals surface area contributed by atoms with Gasteiger partial charge in [0.05, 0.1) is 5.57 Å². The number of fused-ring (bicyclic) bond motifs is 1. The maximum Gasteiger partial charge on any atom is 0.417 e. The fourth-order valence-electron chi connectivity index (χ4n) is 8.06. The molecule has 0 radical (unpaired) electrons. The van der Waals surface area contributed by atoms with Gasteiger partial charge in [0.1, 0.15) is 0 Å². The monoisotopic (exact) mass is 746 g/mol. The highest BCUT2D eigenvalue weighted by atomic mass is 19.4. The first-order valence-electron chi connectivity index (χ1n) is 21.2. The summed E-state index contributed by atoms with van der Waals surface area (Å²) in [6, 6.07) is 4.09. The van der Waals surface area contributed by atoms with Gasteiger partial charge in [-0.25, -0.2) is 0 Å². The number of aliphatic hydroxyl groups excluding tert-OH is 1. The number of hydrogen-bond donors (Lipinski definition) is 1. The molecule has 7 heteroatoms. The zero-order valence-electron chi connectivity index (χ0n) is 34.0. The van der Waals surface area contributed by atoms with Crippen LogP contribution in [0.5, 0.6) is 0 Å². The highest BCUT2D eigenvalue weighted by molar-refractivity contribution is 5.99. The molecule has 1 saturated heterocycles. The molecule has 1 aliphatic heterocycles. The van der Waals surface area contributed by atoms with Crippen molar-refractivity contribution in [3.63, 3.8) is 0 Å². The van der Waals surface area contributed by atoms with Crippen LogP contribution in [0.4, 0.5) is 13.2 Å². The fraction of sp³-hybridized carbons (Fsp3) is 0.739. The zero-order chi connectivity index (χ0) is 37.9. The summed E-state index contributed by atoms with van der Waals surface area (Å²) in [7, 11) is 0. The summed E-state index contributed by atoms with van der Waals surface area (Å²) in [6.07, 6.45) is 17.7. The maximum atomic E-state index is 14.9. The lowest BCUT2D eigenvalue weighted by molar-refractivity contribution is -0.0689. The van der Waals surface area contributed by atoms with Gasteiger partial charge in [0.25, 0.3) is 0 Å². The minimum absolute atomic E-state index is 0. The van der Waals surface area contributed by atoms with Crippen LogP contribution in [0.3, 0.4) is 0 Å². The van der Waals surface area contributed by atoms with E-state index in [9.17, 15) is 13.2 Å². The average molecular weight is 746 g/mol. The van der Waals surface area contributed by atoms with Crippen molar-refractivity contribution in [2.24, 2.45) is 5.92 Å². The first-order chi connectivity index (χ1) is 25.1. The SMILES string of the molecule is C.CCC/C=C(C)\C=C(/c1c(CCCC)ccc2c1c(C)c(CC)n2CCCCCCCCCN1CCN(CC)CC1)C(F)(F)F.OCCC1CCC1. The van der Waals surface area contributed by atoms with E-state index in [1.54, 1.807) is 6.92 Å². The van der Waals surface area contributed by atoms with Crippen LogP contribution in [0.1, 0.15) is 161 Å². The molecule has 1 aromatic carbocycles. The molecule has 1 saturated carbocycles. The molecule has 2 heterocycles. The van der Waals surface area contributed by atoms with Crippen LogP contribution < -0.4 is 0 Å². The Bertz CT molecular complexity index is 1360. The molecule has 1 N–H and O–H groups in total. The van der Waals surface area contributed by atoms with Crippen molar-refractivity contribution in [3.8, 4) is 0 Å². The Morgan fingerprint density at radius 1 is 0.849 bits per heavy atom. The fourth-order valence-corrected chi connectivity index (χ4v) is 8.06. The van der Waals surface area contributed by atoms with Crippen molar-refractivity contribution in [1.29, 1.82) is 0 Å². The summed E-state index contributed by atoms with van der Waals surface area (Å²) in [5.41, 5.74) is 4.59. The summed E-state index contributed by atoms with van der Waals surface area (Å²) in [5.74, 6) is 0.880. The van der Waals surface area contributed by atoms with Gasteiger partial charge in [-0.3, -0.25) is 0 Å². The van der Waals surface area contributed by atoms with Crippen LogP contribution in [0.25, 0.3) is 16.5 Å². The Labute approximate surface area is 323 Å². The van der Waals surface area contributed by atoms with Crippen molar-refractivity contribution in [2.45, 2.75) is 171 Å². The van der Waals surface area contributed by atoms with E-state index in [0.29, 0.717) is 24.2 Å². The quantitative estimate of drug-likeness (QED) is 0.102. The number of rotatable bonds is 21. The van der Waals surface area contributed by atoms with E-state index in [-0.39, 0.29) is 7.43 Å². The smallest absolute Gasteiger partial charge is 0.396 e. The van der Waals surface area contributed by atoms with Crippen LogP contribution in [0, 0.1) is 12.8 Å². The molecule has 2 aromatic rings. The molecular formula is C46H78F3N3O. The van der Waals surface area contributed by atoms with Gasteiger partial charge in [-0.15, -0.1) is 0 Å². The lowest BCUT2D eigenvalue weighted by Gasteiger charge is -2.33. The second-order valence-corrected chi connectivity index (χ2v) is 15.5. The Hall–Kier alpha value is -2.09. The van der Waals surface area contributed by atoms with E-state index in [4.69, 9.17) is 5.11 Å². The Morgan fingerprint density at radius 3 is 1.98 bits per heavy atom. The van der Waals surface area contributed by atoms with Gasteiger partial charge in [0.15, 0.2) is 0 Å². The van der Waals surface area contributed by atoms with E-state index >= 15 is 0 Å². The maximum absolute atomic E-state index is 14.9. The Kier molecular flexibility index (Phi) is 22.3. The summed E-state index contributed by atoms with van der Waals surface area (Å²) in [6.45, 7) is 20.9. The summed E-state index contributed by atoms with van der Waals surface area (Å²) in [5, 5.41) is 9.21. The van der Waals surface area contributed by atoms with Crippen molar-refractivity contribution >= 4 is 16.5 Å². The lowest BCUT2D eigenvalue weighted by atomic mass is 9.83. The first-order valence-corrected chi connectivity index (χ1v) is 21.2. The predicted molar refractivity (Wildman–Crippen MR) is 224 cm³/mol. The second-order valence-electron chi connectivity index (χ2n) is 15.5. The Morgan fingerprint density at radius 2 is 1.47 bits per heavy atom. The van der Waals surface area contributed by atoms with Crippen LogP contribution >= 0.6 is 0 Å². The second kappa shape index (κ2) is 25.1. The molecule has 0 spiro atoms. The van der Waals surface area contributed by atoms with Gasteiger partial charge in [0.2, 0.25) is 0 Å². The Balaban J connectivity index is 0.00000108. The molecule has 304 valence electrons. The number of benzene rings is 1. The highest BCUT2D eigenvalue weighted by Gasteiger charge is 2.37. The van der Waals surface area contributed by atoms with E-state index in [1.807, 2.05) is 19.1 Å². The van der Waals surface area contributed by atoms with Gasteiger partial charge in [0, 0.05) is 55.9 Å². The number of piperazine rings is 1. The number of aromatic nitrogens is 1. The molecule has 2 aliphatic rings. The number of allylic oxidation sites excluding steroid dienone is 4. The molecule has 2 fully saturated rings. The molecule has 1 aromatic heterocycles. The summed E-state index contributed by atoms with van der Waals surface area (Å²) >= 11 is 0. The van der Waals surface area contributed by atoms with Crippen molar-refractivity contribution in [2.75, 3.05) is 45.9 Å². The highest BCUT2D eigenvalue weighted by Crippen LogP contribution is 2.43. The molecule has 1 aliphatic carbocycles. The van der Waals surface area contributed by atoms with Crippen molar-refractivity contribution < 1.29 is 18.3 Å². The lowest BCUT2D eigenvalue weighted by Crippen LogP contribution is -2.46. The van der Waals surface area contributed by atoms with Crippen LogP contribution in [0.15, 0.2) is 29.9 Å². The number of aliphatic hydroxyl groups is 1. The molecule has 4 nitrogen and oxygen atoms in total. The third-order valence-corrected chi connectivity index (χ3v) is 11.6.